The van der Waals surface area contributed by atoms with Gasteiger partial charge >= 0.3 is 0 Å². The molecule has 0 bridgehead atoms. The molecule has 0 aliphatic carbocycles. The fourth-order valence-corrected chi connectivity index (χ4v) is 1.43. The lowest BCUT2D eigenvalue weighted by atomic mass is 10.2. The zero-order valence-corrected chi connectivity index (χ0v) is 7.05. The molecule has 1 saturated heterocycles. The molecule has 0 aromatic heterocycles. The zero-order chi connectivity index (χ0) is 8.10. The van der Waals surface area contributed by atoms with Gasteiger partial charge in [-0.1, -0.05) is 0 Å². The van der Waals surface area contributed by atoms with Gasteiger partial charge in [0.1, 0.15) is 6.29 Å². The van der Waals surface area contributed by atoms with Crippen molar-refractivity contribution in [2.24, 2.45) is 0 Å². The minimum absolute atomic E-state index is 0.587. The first kappa shape index (κ1) is 8.68. The predicted molar refractivity (Wildman–Crippen MR) is 44.6 cm³/mol. The van der Waals surface area contributed by atoms with E-state index < -0.39 is 0 Å². The lowest BCUT2D eigenvalue weighted by Gasteiger charge is -2.33. The second-order valence-electron chi connectivity index (χ2n) is 3.04. The quantitative estimate of drug-likeness (QED) is 0.578. The number of carbonyl (C=O) groups excluding carboxylic acids is 1. The molecule has 11 heavy (non-hydrogen) atoms. The Hall–Kier alpha value is -0.410. The van der Waals surface area contributed by atoms with Crippen LogP contribution < -0.4 is 5.32 Å². The highest BCUT2D eigenvalue weighted by molar-refractivity contribution is 5.49. The molecule has 0 amide bonds. The average molecular weight is 156 g/mol. The number of hydrogen-bond donors (Lipinski definition) is 1. The monoisotopic (exact) mass is 156 g/mol. The van der Waals surface area contributed by atoms with Crippen molar-refractivity contribution in [2.75, 3.05) is 26.2 Å². The lowest BCUT2D eigenvalue weighted by molar-refractivity contribution is -0.108. The fraction of sp³-hybridized carbons (Fsp3) is 0.875. The standard InChI is InChI=1S/C8H16N2O/c1-8-7-9-3-5-10(8)4-2-6-11/h6,8-9H,2-5,7H2,1H3. The molecule has 1 heterocycles. The number of aldehydes is 1. The maximum absolute atomic E-state index is 10.1. The van der Waals surface area contributed by atoms with E-state index in [1.165, 1.54) is 0 Å². The number of hydrogen-bond acceptors (Lipinski definition) is 3. The molecular weight excluding hydrogens is 140 g/mol. The van der Waals surface area contributed by atoms with Crippen molar-refractivity contribution in [3.05, 3.63) is 0 Å². The van der Waals surface area contributed by atoms with E-state index in [4.69, 9.17) is 0 Å². The summed E-state index contributed by atoms with van der Waals surface area (Å²) in [4.78, 5) is 12.5. The molecule has 3 nitrogen and oxygen atoms in total. The number of nitrogens with zero attached hydrogens (tertiary/aromatic N) is 1. The number of carbonyl (C=O) groups is 1. The molecule has 0 aromatic carbocycles. The molecule has 0 radical (unpaired) electrons. The summed E-state index contributed by atoms with van der Waals surface area (Å²) >= 11 is 0. The van der Waals surface area contributed by atoms with E-state index in [2.05, 4.69) is 17.1 Å². The van der Waals surface area contributed by atoms with Crippen molar-refractivity contribution < 1.29 is 4.79 Å². The van der Waals surface area contributed by atoms with Crippen LogP contribution >= 0.6 is 0 Å². The molecule has 1 rings (SSSR count). The highest BCUT2D eigenvalue weighted by Crippen LogP contribution is 2.01. The van der Waals surface area contributed by atoms with E-state index >= 15 is 0 Å². The highest BCUT2D eigenvalue weighted by Gasteiger charge is 2.16. The summed E-state index contributed by atoms with van der Waals surface area (Å²) in [7, 11) is 0. The molecule has 1 aliphatic rings. The zero-order valence-electron chi connectivity index (χ0n) is 7.05. The maximum atomic E-state index is 10.1. The summed E-state index contributed by atoms with van der Waals surface area (Å²) < 4.78 is 0. The van der Waals surface area contributed by atoms with Gasteiger partial charge in [0.25, 0.3) is 0 Å². The Bertz CT molecular complexity index is 127. The molecule has 1 aliphatic heterocycles. The van der Waals surface area contributed by atoms with Gasteiger partial charge in [-0.3, -0.25) is 4.90 Å². The van der Waals surface area contributed by atoms with Crippen LogP contribution in [-0.4, -0.2) is 43.4 Å². The van der Waals surface area contributed by atoms with Gasteiger partial charge in [0.05, 0.1) is 0 Å². The fourth-order valence-electron chi connectivity index (χ4n) is 1.43. The molecule has 0 saturated carbocycles. The normalized spacial score (nSPS) is 26.8. The maximum Gasteiger partial charge on any atom is 0.121 e. The molecule has 1 atom stereocenters. The summed E-state index contributed by atoms with van der Waals surface area (Å²) in [5.74, 6) is 0. The highest BCUT2D eigenvalue weighted by atomic mass is 16.1. The Labute approximate surface area is 67.8 Å². The van der Waals surface area contributed by atoms with Crippen molar-refractivity contribution in [1.29, 1.82) is 0 Å². The molecule has 1 unspecified atom stereocenters. The molecule has 1 N–H and O–H groups in total. The molecule has 0 spiro atoms. The van der Waals surface area contributed by atoms with Crippen LogP contribution in [0.2, 0.25) is 0 Å². The van der Waals surface area contributed by atoms with E-state index in [-0.39, 0.29) is 0 Å². The third-order valence-corrected chi connectivity index (χ3v) is 2.17. The predicted octanol–water partition coefficient (Wildman–Crippen LogP) is -0.131. The van der Waals surface area contributed by atoms with Crippen LogP contribution in [0.25, 0.3) is 0 Å². The SMILES string of the molecule is CC1CNCCN1CCC=O. The van der Waals surface area contributed by atoms with Crippen molar-refractivity contribution in [3.8, 4) is 0 Å². The molecular formula is C8H16N2O. The minimum atomic E-state index is 0.587. The van der Waals surface area contributed by atoms with Gasteiger partial charge in [-0.25, -0.2) is 0 Å². The number of nitrogens with one attached hydrogen (secondary N) is 1. The van der Waals surface area contributed by atoms with Crippen LogP contribution in [0.1, 0.15) is 13.3 Å². The first-order chi connectivity index (χ1) is 5.34. The summed E-state index contributed by atoms with van der Waals surface area (Å²) in [5.41, 5.74) is 0. The second kappa shape index (κ2) is 4.46. The van der Waals surface area contributed by atoms with E-state index in [0.717, 1.165) is 32.5 Å². The smallest absolute Gasteiger partial charge is 0.121 e. The van der Waals surface area contributed by atoms with Crippen LogP contribution in [0.5, 0.6) is 0 Å². The van der Waals surface area contributed by atoms with Crippen molar-refractivity contribution in [1.82, 2.24) is 10.2 Å². The van der Waals surface area contributed by atoms with Gasteiger partial charge in [0.2, 0.25) is 0 Å². The summed E-state index contributed by atoms with van der Waals surface area (Å²) in [6, 6.07) is 0.587. The topological polar surface area (TPSA) is 32.3 Å². The van der Waals surface area contributed by atoms with Crippen LogP contribution in [-0.2, 0) is 4.79 Å². The Morgan fingerprint density at radius 1 is 1.73 bits per heavy atom. The van der Waals surface area contributed by atoms with Crippen LogP contribution in [0.4, 0.5) is 0 Å². The van der Waals surface area contributed by atoms with E-state index in [1.54, 1.807) is 0 Å². The third kappa shape index (κ3) is 2.60. The number of rotatable bonds is 3. The largest absolute Gasteiger partial charge is 0.314 e. The number of piperazine rings is 1. The Kier molecular flexibility index (Phi) is 3.52. The van der Waals surface area contributed by atoms with Crippen LogP contribution in [0.15, 0.2) is 0 Å². The molecule has 1 fully saturated rings. The third-order valence-electron chi connectivity index (χ3n) is 2.17. The molecule has 0 aromatic rings. The summed E-state index contributed by atoms with van der Waals surface area (Å²) in [6.45, 7) is 6.31. The molecule has 64 valence electrons. The van der Waals surface area contributed by atoms with E-state index in [9.17, 15) is 4.79 Å². The first-order valence-electron chi connectivity index (χ1n) is 4.23. The van der Waals surface area contributed by atoms with Crippen LogP contribution in [0.3, 0.4) is 0 Å². The van der Waals surface area contributed by atoms with Gasteiger partial charge in [-0.15, -0.1) is 0 Å². The van der Waals surface area contributed by atoms with E-state index in [0.29, 0.717) is 12.5 Å². The summed E-state index contributed by atoms with van der Waals surface area (Å²) in [6.07, 6.45) is 1.67. The first-order valence-corrected chi connectivity index (χ1v) is 4.23. The van der Waals surface area contributed by atoms with Crippen molar-refractivity contribution >= 4 is 6.29 Å². The molecule has 3 heteroatoms. The van der Waals surface area contributed by atoms with Gasteiger partial charge in [0, 0.05) is 38.6 Å². The lowest BCUT2D eigenvalue weighted by Crippen LogP contribution is -2.49. The Morgan fingerprint density at radius 2 is 2.55 bits per heavy atom. The Balaban J connectivity index is 2.23. The van der Waals surface area contributed by atoms with E-state index in [1.807, 2.05) is 0 Å². The van der Waals surface area contributed by atoms with Gasteiger partial charge < -0.3 is 10.1 Å². The minimum Gasteiger partial charge on any atom is -0.314 e. The van der Waals surface area contributed by atoms with Gasteiger partial charge in [-0.05, 0) is 6.92 Å². The Morgan fingerprint density at radius 3 is 3.18 bits per heavy atom. The average Bonchev–Trinajstić information content (AvgIpc) is 2.03. The van der Waals surface area contributed by atoms with Gasteiger partial charge in [-0.2, -0.15) is 0 Å². The van der Waals surface area contributed by atoms with Crippen molar-refractivity contribution in [3.63, 3.8) is 0 Å². The van der Waals surface area contributed by atoms with Crippen LogP contribution in [0, 0.1) is 0 Å². The summed E-state index contributed by atoms with van der Waals surface area (Å²) in [5, 5.41) is 3.31. The van der Waals surface area contributed by atoms with Crippen molar-refractivity contribution in [2.45, 2.75) is 19.4 Å². The van der Waals surface area contributed by atoms with Gasteiger partial charge in [0.15, 0.2) is 0 Å². The second-order valence-corrected chi connectivity index (χ2v) is 3.04.